The van der Waals surface area contributed by atoms with Crippen molar-refractivity contribution in [3.63, 3.8) is 0 Å². The average molecular weight is 361 g/mol. The van der Waals surface area contributed by atoms with Gasteiger partial charge in [0.05, 0.1) is 23.3 Å². The van der Waals surface area contributed by atoms with Gasteiger partial charge in [-0.25, -0.2) is 8.42 Å². The van der Waals surface area contributed by atoms with Crippen LogP contribution in [0.1, 0.15) is 18.0 Å². The van der Waals surface area contributed by atoms with Gasteiger partial charge < -0.3 is 9.94 Å². The van der Waals surface area contributed by atoms with E-state index in [2.05, 4.69) is 0 Å². The second-order valence-corrected chi connectivity index (χ2v) is 8.07. The average Bonchev–Trinajstić information content (AvgIpc) is 3.00. The van der Waals surface area contributed by atoms with Crippen molar-refractivity contribution < 1.29 is 23.2 Å². The summed E-state index contributed by atoms with van der Waals surface area (Å²) in [6, 6.07) is 15.0. The van der Waals surface area contributed by atoms with E-state index in [-0.39, 0.29) is 11.3 Å². The van der Waals surface area contributed by atoms with Crippen molar-refractivity contribution in [3.05, 3.63) is 66.2 Å². The van der Waals surface area contributed by atoms with E-state index in [0.717, 1.165) is 5.06 Å². The first kappa shape index (κ1) is 17.6. The maximum Gasteiger partial charge on any atom is 0.325 e. The molecule has 1 fully saturated rings. The molecule has 3 rings (SSSR count). The van der Waals surface area contributed by atoms with Gasteiger partial charge in [-0.15, -0.1) is 0 Å². The summed E-state index contributed by atoms with van der Waals surface area (Å²) in [4.78, 5) is 12.2. The van der Waals surface area contributed by atoms with Crippen molar-refractivity contribution in [1.29, 1.82) is 0 Å². The summed E-state index contributed by atoms with van der Waals surface area (Å²) in [6.07, 6.45) is -0.0417. The minimum Gasteiger partial charge on any atom is -0.468 e. The summed E-state index contributed by atoms with van der Waals surface area (Å²) in [5.41, 5.74) is 0.626. The Balaban J connectivity index is 2.07. The second kappa shape index (κ2) is 6.95. The highest BCUT2D eigenvalue weighted by molar-refractivity contribution is 7.92. The Bertz CT molecular complexity index is 838. The van der Waals surface area contributed by atoms with Gasteiger partial charge in [0.15, 0.2) is 9.84 Å². The molecule has 0 spiro atoms. The molecule has 2 aromatic rings. The maximum atomic E-state index is 13.1. The summed E-state index contributed by atoms with van der Waals surface area (Å²) in [7, 11) is -2.54. The standard InChI is InChI=1S/C18H19NO5S/c1-24-18(20)15-12-16(25(22,23)14-10-6-3-7-11-14)17(19(15)21)13-8-4-2-5-9-13/h2-11,15-17,21H,12H2,1H3/t15-,16-,17-/m0/s1. The predicted octanol–water partition coefficient (Wildman–Crippen LogP) is 2.21. The zero-order chi connectivity index (χ0) is 18.0. The Morgan fingerprint density at radius 1 is 1.08 bits per heavy atom. The first-order chi connectivity index (χ1) is 12.0. The van der Waals surface area contributed by atoms with E-state index in [1.807, 2.05) is 0 Å². The number of hydroxylamine groups is 2. The van der Waals surface area contributed by atoms with Crippen molar-refractivity contribution in [2.75, 3.05) is 7.11 Å². The van der Waals surface area contributed by atoms with Crippen molar-refractivity contribution in [2.24, 2.45) is 0 Å². The molecular formula is C18H19NO5S. The van der Waals surface area contributed by atoms with Gasteiger partial charge in [0.1, 0.15) is 6.04 Å². The molecule has 2 aromatic carbocycles. The predicted molar refractivity (Wildman–Crippen MR) is 90.6 cm³/mol. The van der Waals surface area contributed by atoms with E-state index in [4.69, 9.17) is 4.74 Å². The first-order valence-corrected chi connectivity index (χ1v) is 9.40. The molecule has 6 nitrogen and oxygen atoms in total. The summed E-state index contributed by atoms with van der Waals surface area (Å²) in [5, 5.41) is 10.4. The number of esters is 1. The van der Waals surface area contributed by atoms with Crippen LogP contribution in [-0.2, 0) is 19.4 Å². The minimum absolute atomic E-state index is 0.0417. The molecule has 1 N–H and O–H groups in total. The molecule has 0 saturated carbocycles. The third-order valence-electron chi connectivity index (χ3n) is 4.50. The molecule has 0 bridgehead atoms. The number of hydrogen-bond donors (Lipinski definition) is 1. The van der Waals surface area contributed by atoms with Gasteiger partial charge in [-0.3, -0.25) is 4.79 Å². The number of rotatable bonds is 4. The molecule has 1 aliphatic heterocycles. The van der Waals surface area contributed by atoms with E-state index in [0.29, 0.717) is 5.56 Å². The van der Waals surface area contributed by atoms with Crippen LogP contribution in [0.4, 0.5) is 0 Å². The Morgan fingerprint density at radius 3 is 2.20 bits per heavy atom. The lowest BCUT2D eigenvalue weighted by Crippen LogP contribution is -2.36. The third kappa shape index (κ3) is 3.18. The summed E-state index contributed by atoms with van der Waals surface area (Å²) < 4.78 is 31.0. The molecule has 25 heavy (non-hydrogen) atoms. The molecule has 1 saturated heterocycles. The van der Waals surface area contributed by atoms with E-state index >= 15 is 0 Å². The number of ether oxygens (including phenoxy) is 1. The van der Waals surface area contributed by atoms with Crippen LogP contribution in [0.5, 0.6) is 0 Å². The van der Waals surface area contributed by atoms with Gasteiger partial charge in [-0.1, -0.05) is 48.5 Å². The zero-order valence-electron chi connectivity index (χ0n) is 13.6. The smallest absolute Gasteiger partial charge is 0.325 e. The Kier molecular flexibility index (Phi) is 4.89. The van der Waals surface area contributed by atoms with Crippen LogP contribution in [0.2, 0.25) is 0 Å². The lowest BCUT2D eigenvalue weighted by atomic mass is 10.0. The number of nitrogens with zero attached hydrogens (tertiary/aromatic N) is 1. The molecule has 1 heterocycles. The maximum absolute atomic E-state index is 13.1. The highest BCUT2D eigenvalue weighted by Gasteiger charge is 2.51. The number of carbonyl (C=O) groups excluding carboxylic acids is 1. The molecule has 0 aromatic heterocycles. The van der Waals surface area contributed by atoms with E-state index in [9.17, 15) is 18.4 Å². The molecule has 132 valence electrons. The van der Waals surface area contributed by atoms with Crippen LogP contribution in [-0.4, -0.2) is 43.1 Å². The van der Waals surface area contributed by atoms with E-state index in [1.54, 1.807) is 48.5 Å². The fraction of sp³-hybridized carbons (Fsp3) is 0.278. The summed E-state index contributed by atoms with van der Waals surface area (Å²) >= 11 is 0. The quantitative estimate of drug-likeness (QED) is 0.841. The topological polar surface area (TPSA) is 83.9 Å². The van der Waals surface area contributed by atoms with Crippen LogP contribution in [0, 0.1) is 0 Å². The van der Waals surface area contributed by atoms with E-state index < -0.39 is 33.1 Å². The summed E-state index contributed by atoms with van der Waals surface area (Å²) in [6.45, 7) is 0. The molecule has 1 aliphatic rings. The molecule has 0 amide bonds. The Hall–Kier alpha value is -2.22. The second-order valence-electron chi connectivity index (χ2n) is 5.91. The minimum atomic E-state index is -3.75. The summed E-state index contributed by atoms with van der Waals surface area (Å²) in [5.74, 6) is -0.658. The lowest BCUT2D eigenvalue weighted by molar-refractivity contribution is -0.173. The Morgan fingerprint density at radius 2 is 1.64 bits per heavy atom. The van der Waals surface area contributed by atoms with Crippen molar-refractivity contribution in [1.82, 2.24) is 5.06 Å². The van der Waals surface area contributed by atoms with Crippen LogP contribution in [0.3, 0.4) is 0 Å². The lowest BCUT2D eigenvalue weighted by Gasteiger charge is -2.25. The Labute approximate surface area is 146 Å². The van der Waals surface area contributed by atoms with Gasteiger partial charge in [-0.05, 0) is 24.1 Å². The van der Waals surface area contributed by atoms with Crippen LogP contribution in [0.15, 0.2) is 65.6 Å². The fourth-order valence-corrected chi connectivity index (χ4v) is 5.20. The SMILES string of the molecule is COC(=O)[C@@H]1C[C@H](S(=O)(=O)c2ccccc2)[C@H](c2ccccc2)N1O. The number of benzene rings is 2. The zero-order valence-corrected chi connectivity index (χ0v) is 14.5. The van der Waals surface area contributed by atoms with Gasteiger partial charge >= 0.3 is 5.97 Å². The normalized spacial score (nSPS) is 24.2. The monoisotopic (exact) mass is 361 g/mol. The highest BCUT2D eigenvalue weighted by Crippen LogP contribution is 2.41. The van der Waals surface area contributed by atoms with Gasteiger partial charge in [0, 0.05) is 0 Å². The largest absolute Gasteiger partial charge is 0.468 e. The van der Waals surface area contributed by atoms with Crippen molar-refractivity contribution >= 4 is 15.8 Å². The van der Waals surface area contributed by atoms with Gasteiger partial charge in [-0.2, -0.15) is 5.06 Å². The van der Waals surface area contributed by atoms with Crippen LogP contribution >= 0.6 is 0 Å². The van der Waals surface area contributed by atoms with Gasteiger partial charge in [0.25, 0.3) is 0 Å². The molecule has 0 aliphatic carbocycles. The fourth-order valence-electron chi connectivity index (χ4n) is 3.26. The third-order valence-corrected chi connectivity index (χ3v) is 6.67. The van der Waals surface area contributed by atoms with Crippen molar-refractivity contribution in [2.45, 2.75) is 28.6 Å². The number of hydrogen-bond acceptors (Lipinski definition) is 6. The van der Waals surface area contributed by atoms with Gasteiger partial charge in [0.2, 0.25) is 0 Å². The van der Waals surface area contributed by atoms with E-state index in [1.165, 1.54) is 19.2 Å². The molecular weight excluding hydrogens is 342 g/mol. The molecule has 7 heteroatoms. The van der Waals surface area contributed by atoms with Crippen LogP contribution in [0.25, 0.3) is 0 Å². The first-order valence-electron chi connectivity index (χ1n) is 7.85. The number of sulfone groups is 1. The molecule has 3 atom stereocenters. The molecule has 0 radical (unpaired) electrons. The van der Waals surface area contributed by atoms with Crippen molar-refractivity contribution in [3.8, 4) is 0 Å². The molecule has 0 unspecified atom stereocenters. The number of carbonyl (C=O) groups is 1. The highest BCUT2D eigenvalue weighted by atomic mass is 32.2. The number of methoxy groups -OCH3 is 1. The van der Waals surface area contributed by atoms with Crippen LogP contribution < -0.4 is 0 Å².